The van der Waals surface area contributed by atoms with Crippen molar-refractivity contribution in [3.63, 3.8) is 0 Å². The molecule has 2 aromatic rings. The van der Waals surface area contributed by atoms with Gasteiger partial charge < -0.3 is 15.2 Å². The van der Waals surface area contributed by atoms with E-state index in [1.54, 1.807) is 20.4 Å². The van der Waals surface area contributed by atoms with E-state index in [0.717, 1.165) is 16.3 Å². The number of fused-ring (bicyclic) bond motifs is 1. The van der Waals surface area contributed by atoms with Crippen LogP contribution >= 0.6 is 12.2 Å². The smallest absolute Gasteiger partial charge is 0.184 e. The maximum Gasteiger partial charge on any atom is 0.184 e. The molecular weight excluding hydrogens is 274 g/mol. The molecule has 0 amide bonds. The van der Waals surface area contributed by atoms with Crippen molar-refractivity contribution in [2.75, 3.05) is 14.2 Å². The molecule has 0 bridgehead atoms. The second-order valence-electron chi connectivity index (χ2n) is 4.05. The molecular formula is C14H15N3O2S. The molecule has 0 aliphatic rings. The third-order valence-electron chi connectivity index (χ3n) is 2.76. The van der Waals surface area contributed by atoms with Crippen molar-refractivity contribution < 1.29 is 9.47 Å². The lowest BCUT2D eigenvalue weighted by Crippen LogP contribution is -2.23. The Labute approximate surface area is 122 Å². The minimum Gasteiger partial charge on any atom is -0.493 e. The van der Waals surface area contributed by atoms with Gasteiger partial charge in [0, 0.05) is 0 Å². The third-order valence-corrected chi connectivity index (χ3v) is 2.85. The lowest BCUT2D eigenvalue weighted by atomic mass is 10.1. The van der Waals surface area contributed by atoms with E-state index in [0.29, 0.717) is 11.5 Å². The van der Waals surface area contributed by atoms with Crippen LogP contribution in [0.25, 0.3) is 10.8 Å². The highest BCUT2D eigenvalue weighted by Crippen LogP contribution is 2.32. The number of rotatable bonds is 4. The fourth-order valence-electron chi connectivity index (χ4n) is 1.84. The van der Waals surface area contributed by atoms with Crippen molar-refractivity contribution in [1.82, 2.24) is 5.43 Å². The monoisotopic (exact) mass is 289 g/mol. The topological polar surface area (TPSA) is 68.9 Å². The Balaban J connectivity index is 2.38. The van der Waals surface area contributed by atoms with Crippen LogP contribution in [0, 0.1) is 0 Å². The average molecular weight is 289 g/mol. The summed E-state index contributed by atoms with van der Waals surface area (Å²) in [4.78, 5) is 0. The standard InChI is InChI=1S/C14H15N3O2S/c1-18-12-6-10-4-3-9(8-16-17-14(15)20)5-11(10)7-13(12)19-2/h3-8H,1-2H3,(H3,15,17,20)/b16-8+. The Morgan fingerprint density at radius 3 is 2.40 bits per heavy atom. The van der Waals surface area contributed by atoms with Crippen LogP contribution < -0.4 is 20.6 Å². The largest absolute Gasteiger partial charge is 0.493 e. The highest BCUT2D eigenvalue weighted by molar-refractivity contribution is 7.80. The Hall–Kier alpha value is -2.34. The van der Waals surface area contributed by atoms with E-state index in [4.69, 9.17) is 15.2 Å². The van der Waals surface area contributed by atoms with Crippen LogP contribution in [0.4, 0.5) is 0 Å². The van der Waals surface area contributed by atoms with E-state index in [-0.39, 0.29) is 5.11 Å². The number of hydrogen-bond acceptors (Lipinski definition) is 4. The van der Waals surface area contributed by atoms with E-state index in [1.165, 1.54) is 0 Å². The Morgan fingerprint density at radius 1 is 1.15 bits per heavy atom. The maximum atomic E-state index is 5.29. The number of nitrogens with zero attached hydrogens (tertiary/aromatic N) is 1. The summed E-state index contributed by atoms with van der Waals surface area (Å²) >= 11 is 4.67. The van der Waals surface area contributed by atoms with E-state index in [2.05, 4.69) is 22.7 Å². The molecule has 0 spiro atoms. The molecule has 0 atom stereocenters. The van der Waals surface area contributed by atoms with E-state index in [9.17, 15) is 0 Å². The number of hydrogen-bond donors (Lipinski definition) is 2. The fourth-order valence-corrected chi connectivity index (χ4v) is 1.90. The Kier molecular flexibility index (Phi) is 4.37. The molecule has 5 nitrogen and oxygen atoms in total. The molecule has 0 aromatic heterocycles. The average Bonchev–Trinajstić information content (AvgIpc) is 2.45. The number of hydrazone groups is 1. The zero-order valence-electron chi connectivity index (χ0n) is 11.2. The van der Waals surface area contributed by atoms with Crippen molar-refractivity contribution in [2.24, 2.45) is 10.8 Å². The molecule has 0 saturated carbocycles. The molecule has 104 valence electrons. The van der Waals surface area contributed by atoms with Crippen molar-refractivity contribution in [2.45, 2.75) is 0 Å². The number of thiocarbonyl (C=S) groups is 1. The van der Waals surface area contributed by atoms with Gasteiger partial charge in [-0.3, -0.25) is 5.43 Å². The summed E-state index contributed by atoms with van der Waals surface area (Å²) in [5, 5.41) is 6.15. The predicted octanol–water partition coefficient (Wildman–Crippen LogP) is 2.02. The highest BCUT2D eigenvalue weighted by Gasteiger charge is 2.05. The molecule has 0 fully saturated rings. The number of nitrogens with one attached hydrogen (secondary N) is 1. The maximum absolute atomic E-state index is 5.29. The van der Waals surface area contributed by atoms with Crippen LogP contribution in [0.3, 0.4) is 0 Å². The molecule has 0 saturated heterocycles. The van der Waals surface area contributed by atoms with Gasteiger partial charge in [0.1, 0.15) is 0 Å². The van der Waals surface area contributed by atoms with Gasteiger partial charge in [-0.2, -0.15) is 5.10 Å². The van der Waals surface area contributed by atoms with Crippen LogP contribution in [0.1, 0.15) is 5.56 Å². The van der Waals surface area contributed by atoms with Gasteiger partial charge in [-0.05, 0) is 46.8 Å². The summed E-state index contributed by atoms with van der Waals surface area (Å²) in [6.07, 6.45) is 1.65. The van der Waals surface area contributed by atoms with E-state index >= 15 is 0 Å². The molecule has 0 radical (unpaired) electrons. The summed E-state index contributed by atoms with van der Waals surface area (Å²) in [6, 6.07) is 9.77. The number of ether oxygens (including phenoxy) is 2. The normalized spacial score (nSPS) is 10.7. The quantitative estimate of drug-likeness (QED) is 0.512. The van der Waals surface area contributed by atoms with Crippen LogP contribution in [0.2, 0.25) is 0 Å². The minimum absolute atomic E-state index is 0.133. The molecule has 0 aliphatic carbocycles. The summed E-state index contributed by atoms with van der Waals surface area (Å²) in [6.45, 7) is 0. The Morgan fingerprint density at radius 2 is 1.80 bits per heavy atom. The third kappa shape index (κ3) is 3.16. The van der Waals surface area contributed by atoms with Crippen LogP contribution in [-0.2, 0) is 0 Å². The molecule has 0 unspecified atom stereocenters. The molecule has 0 aliphatic heterocycles. The van der Waals surface area contributed by atoms with Crippen molar-refractivity contribution in [3.8, 4) is 11.5 Å². The second-order valence-corrected chi connectivity index (χ2v) is 4.49. The number of benzene rings is 2. The molecule has 6 heteroatoms. The Bertz CT molecular complexity index is 671. The molecule has 20 heavy (non-hydrogen) atoms. The van der Waals surface area contributed by atoms with Gasteiger partial charge in [0.2, 0.25) is 0 Å². The fraction of sp³-hybridized carbons (Fsp3) is 0.143. The summed E-state index contributed by atoms with van der Waals surface area (Å²) in [5.41, 5.74) is 8.73. The molecule has 0 heterocycles. The predicted molar refractivity (Wildman–Crippen MR) is 84.6 cm³/mol. The highest BCUT2D eigenvalue weighted by atomic mass is 32.1. The van der Waals surface area contributed by atoms with Gasteiger partial charge in [-0.1, -0.05) is 12.1 Å². The van der Waals surface area contributed by atoms with Crippen molar-refractivity contribution in [1.29, 1.82) is 0 Å². The molecule has 3 N–H and O–H groups in total. The SMILES string of the molecule is COc1cc2ccc(/C=N/NC(N)=S)cc2cc1OC. The van der Waals surface area contributed by atoms with Gasteiger partial charge in [0.05, 0.1) is 20.4 Å². The first-order valence-corrected chi connectivity index (χ1v) is 6.29. The van der Waals surface area contributed by atoms with Gasteiger partial charge in [0.25, 0.3) is 0 Å². The lowest BCUT2D eigenvalue weighted by Gasteiger charge is -2.09. The van der Waals surface area contributed by atoms with Gasteiger partial charge in [0.15, 0.2) is 16.6 Å². The first kappa shape index (κ1) is 14.1. The van der Waals surface area contributed by atoms with E-state index < -0.39 is 0 Å². The van der Waals surface area contributed by atoms with Crippen LogP contribution in [-0.4, -0.2) is 25.5 Å². The van der Waals surface area contributed by atoms with Crippen molar-refractivity contribution in [3.05, 3.63) is 35.9 Å². The van der Waals surface area contributed by atoms with Crippen molar-refractivity contribution >= 4 is 34.3 Å². The zero-order valence-corrected chi connectivity index (χ0v) is 12.0. The van der Waals surface area contributed by atoms with Gasteiger partial charge >= 0.3 is 0 Å². The zero-order chi connectivity index (χ0) is 14.5. The first-order valence-electron chi connectivity index (χ1n) is 5.88. The minimum atomic E-state index is 0.133. The van der Waals surface area contributed by atoms with E-state index in [1.807, 2.05) is 30.3 Å². The van der Waals surface area contributed by atoms with Crippen LogP contribution in [0.5, 0.6) is 11.5 Å². The molecule has 2 aromatic carbocycles. The summed E-state index contributed by atoms with van der Waals surface area (Å²) in [5.74, 6) is 1.40. The molecule has 2 rings (SSSR count). The number of nitrogens with two attached hydrogens (primary N) is 1. The van der Waals surface area contributed by atoms with Gasteiger partial charge in [-0.15, -0.1) is 0 Å². The summed E-state index contributed by atoms with van der Waals surface area (Å²) < 4.78 is 10.6. The summed E-state index contributed by atoms with van der Waals surface area (Å²) in [7, 11) is 3.23. The first-order chi connectivity index (χ1) is 9.63. The number of methoxy groups -OCH3 is 2. The lowest BCUT2D eigenvalue weighted by molar-refractivity contribution is 0.356. The second kappa shape index (κ2) is 6.21. The van der Waals surface area contributed by atoms with Crippen LogP contribution in [0.15, 0.2) is 35.4 Å². The van der Waals surface area contributed by atoms with Gasteiger partial charge in [-0.25, -0.2) is 0 Å².